The van der Waals surface area contributed by atoms with E-state index in [0.717, 1.165) is 48.9 Å². The molecule has 188 valence electrons. The van der Waals surface area contributed by atoms with Gasteiger partial charge in [-0.05, 0) is 54.1 Å². The van der Waals surface area contributed by atoms with Gasteiger partial charge in [-0.15, -0.1) is 10.2 Å². The van der Waals surface area contributed by atoms with Crippen molar-refractivity contribution < 1.29 is 13.2 Å². The van der Waals surface area contributed by atoms with Crippen molar-refractivity contribution in [1.82, 2.24) is 20.5 Å². The van der Waals surface area contributed by atoms with Gasteiger partial charge in [-0.25, -0.2) is 13.4 Å². The third-order valence-corrected chi connectivity index (χ3v) is 7.93. The topological polar surface area (TPSA) is 133 Å². The summed E-state index contributed by atoms with van der Waals surface area (Å²) < 4.78 is 33.9. The van der Waals surface area contributed by atoms with Gasteiger partial charge in [0.05, 0.1) is 10.5 Å². The largest absolute Gasteiger partial charge is 0.455 e. The van der Waals surface area contributed by atoms with Gasteiger partial charge in [0.2, 0.25) is 5.13 Å². The molecule has 0 unspecified atom stereocenters. The number of pyridine rings is 1. The monoisotopic (exact) mass is 553 g/mol. The average Bonchev–Trinajstić information content (AvgIpc) is 3.42. The fourth-order valence-corrected chi connectivity index (χ4v) is 5.72. The minimum Gasteiger partial charge on any atom is -0.455 e. The zero-order chi connectivity index (χ0) is 25.8. The molecule has 3 heterocycles. The smallest absolute Gasteiger partial charge is 0.263 e. The lowest BCUT2D eigenvalue weighted by Crippen LogP contribution is -2.43. The maximum Gasteiger partial charge on any atom is 0.263 e. The predicted molar refractivity (Wildman–Crippen MR) is 142 cm³/mol. The van der Waals surface area contributed by atoms with Crippen LogP contribution in [0, 0.1) is 11.3 Å². The molecule has 2 aromatic heterocycles. The summed E-state index contributed by atoms with van der Waals surface area (Å²) in [6, 6.07) is 15.1. The van der Waals surface area contributed by atoms with Crippen molar-refractivity contribution in [2.75, 3.05) is 35.8 Å². The summed E-state index contributed by atoms with van der Waals surface area (Å²) in [6.45, 7) is 3.47. The second kappa shape index (κ2) is 10.7. The minimum absolute atomic E-state index is 0.0530. The van der Waals surface area contributed by atoms with E-state index in [1.165, 1.54) is 23.7 Å². The maximum atomic E-state index is 12.7. The predicted octanol–water partition coefficient (Wildman–Crippen LogP) is 4.13. The fraction of sp³-hybridized carbons (Fsp3) is 0.167. The third kappa shape index (κ3) is 5.65. The van der Waals surface area contributed by atoms with Gasteiger partial charge in [-0.1, -0.05) is 22.9 Å². The molecule has 2 N–H and O–H groups in total. The number of hydrogen-bond donors (Lipinski definition) is 2. The van der Waals surface area contributed by atoms with E-state index in [1.807, 2.05) is 18.2 Å². The summed E-state index contributed by atoms with van der Waals surface area (Å²) in [5, 5.41) is 21.0. The van der Waals surface area contributed by atoms with Crippen LogP contribution in [0.4, 0.5) is 10.9 Å². The fourth-order valence-electron chi connectivity index (χ4n) is 3.83. The van der Waals surface area contributed by atoms with E-state index >= 15 is 0 Å². The van der Waals surface area contributed by atoms with E-state index in [0.29, 0.717) is 16.3 Å². The van der Waals surface area contributed by atoms with Crippen LogP contribution in [0.2, 0.25) is 5.02 Å². The van der Waals surface area contributed by atoms with E-state index in [4.69, 9.17) is 16.3 Å². The number of anilines is 2. The molecule has 10 nitrogen and oxygen atoms in total. The SMILES string of the molecule is N#Cc1cc(S(=O)(=O)Nc2nncs2)ccc1Oc1ccc(Cl)cc1-c1ccnc(N2CCNCC2)c1. The quantitative estimate of drug-likeness (QED) is 0.346. The molecule has 0 spiro atoms. The molecule has 1 fully saturated rings. The number of sulfonamides is 1. The Morgan fingerprint density at radius 2 is 1.92 bits per heavy atom. The summed E-state index contributed by atoms with van der Waals surface area (Å²) in [5.41, 5.74) is 3.02. The summed E-state index contributed by atoms with van der Waals surface area (Å²) >= 11 is 7.37. The van der Waals surface area contributed by atoms with Crippen LogP contribution in [-0.2, 0) is 10.0 Å². The van der Waals surface area contributed by atoms with Crippen molar-refractivity contribution in [3.05, 3.63) is 70.8 Å². The van der Waals surface area contributed by atoms with E-state index in [2.05, 4.69) is 30.1 Å². The van der Waals surface area contributed by atoms with Crippen molar-refractivity contribution in [2.45, 2.75) is 4.90 Å². The number of benzene rings is 2. The van der Waals surface area contributed by atoms with Crippen LogP contribution in [0.5, 0.6) is 11.5 Å². The number of piperazine rings is 1. The van der Waals surface area contributed by atoms with Crippen LogP contribution < -0.4 is 19.7 Å². The van der Waals surface area contributed by atoms with Crippen molar-refractivity contribution in [2.24, 2.45) is 0 Å². The lowest BCUT2D eigenvalue weighted by atomic mass is 10.1. The number of aromatic nitrogens is 3. The van der Waals surface area contributed by atoms with Crippen LogP contribution in [0.1, 0.15) is 5.56 Å². The second-order valence-electron chi connectivity index (χ2n) is 8.00. The number of ether oxygens (including phenoxy) is 1. The van der Waals surface area contributed by atoms with Gasteiger partial charge in [-0.2, -0.15) is 5.26 Å². The van der Waals surface area contributed by atoms with Crippen molar-refractivity contribution in [1.29, 1.82) is 5.26 Å². The lowest BCUT2D eigenvalue weighted by molar-refractivity contribution is 0.482. The Hall–Kier alpha value is -3.76. The van der Waals surface area contributed by atoms with Crippen LogP contribution in [0.25, 0.3) is 11.1 Å². The molecule has 13 heteroatoms. The summed E-state index contributed by atoms with van der Waals surface area (Å²) in [5.74, 6) is 1.51. The Bertz CT molecular complexity index is 1570. The average molecular weight is 554 g/mol. The highest BCUT2D eigenvalue weighted by atomic mass is 35.5. The highest BCUT2D eigenvalue weighted by molar-refractivity contribution is 7.93. The number of nitrogens with one attached hydrogen (secondary N) is 2. The number of hydrogen-bond acceptors (Lipinski definition) is 10. The van der Waals surface area contributed by atoms with E-state index in [-0.39, 0.29) is 21.3 Å². The van der Waals surface area contributed by atoms with Crippen molar-refractivity contribution in [3.8, 4) is 28.7 Å². The molecule has 5 rings (SSSR count). The highest BCUT2D eigenvalue weighted by Crippen LogP contribution is 2.38. The molecule has 1 aliphatic rings. The molecule has 0 bridgehead atoms. The molecule has 0 amide bonds. The van der Waals surface area contributed by atoms with Crippen molar-refractivity contribution >= 4 is 43.9 Å². The molecule has 1 aliphatic heterocycles. The van der Waals surface area contributed by atoms with Crippen molar-refractivity contribution in [3.63, 3.8) is 0 Å². The molecular formula is C24H20ClN7O3S2. The summed E-state index contributed by atoms with van der Waals surface area (Å²) in [4.78, 5) is 6.62. The number of rotatable bonds is 7. The Balaban J connectivity index is 1.46. The van der Waals surface area contributed by atoms with Crippen LogP contribution in [0.15, 0.2) is 65.1 Å². The summed E-state index contributed by atoms with van der Waals surface area (Å²) in [6.07, 6.45) is 1.74. The van der Waals surface area contributed by atoms with Gasteiger partial charge >= 0.3 is 0 Å². The first kappa shape index (κ1) is 24.9. The zero-order valence-electron chi connectivity index (χ0n) is 19.3. The first-order valence-corrected chi connectivity index (χ1v) is 13.9. The van der Waals surface area contributed by atoms with Crippen LogP contribution in [-0.4, -0.2) is 49.8 Å². The zero-order valence-corrected chi connectivity index (χ0v) is 21.6. The first-order valence-electron chi connectivity index (χ1n) is 11.2. The van der Waals surface area contributed by atoms with Crippen LogP contribution in [0.3, 0.4) is 0 Å². The van der Waals surface area contributed by atoms with Gasteiger partial charge in [-0.3, -0.25) is 4.72 Å². The highest BCUT2D eigenvalue weighted by Gasteiger charge is 2.20. The molecule has 0 radical (unpaired) electrons. The minimum atomic E-state index is -3.96. The van der Waals surface area contributed by atoms with Gasteiger partial charge in [0.1, 0.15) is 28.9 Å². The number of nitrogens with zero attached hydrogens (tertiary/aromatic N) is 5. The Morgan fingerprint density at radius 1 is 1.11 bits per heavy atom. The van der Waals surface area contributed by atoms with Gasteiger partial charge in [0.25, 0.3) is 10.0 Å². The Kier molecular flexibility index (Phi) is 7.20. The summed E-state index contributed by atoms with van der Waals surface area (Å²) in [7, 11) is -3.96. The standard InChI is InChI=1S/C24H20ClN7O3S2/c25-18-1-3-22(20(13-18)16-5-6-28-23(12-16)32-9-7-27-8-10-32)35-21-4-2-19(11-17(21)14-26)37(33,34)31-24-30-29-15-36-24/h1-6,11-13,15,27H,7-10H2,(H,30,31). The Morgan fingerprint density at radius 3 is 2.68 bits per heavy atom. The molecule has 0 saturated carbocycles. The maximum absolute atomic E-state index is 12.7. The molecule has 0 aliphatic carbocycles. The second-order valence-corrected chi connectivity index (χ2v) is 11.0. The van der Waals surface area contributed by atoms with Gasteiger partial charge < -0.3 is 15.0 Å². The van der Waals surface area contributed by atoms with Crippen LogP contribution >= 0.6 is 22.9 Å². The molecule has 4 aromatic rings. The van der Waals surface area contributed by atoms with E-state index < -0.39 is 10.0 Å². The van der Waals surface area contributed by atoms with E-state index in [9.17, 15) is 13.7 Å². The van der Waals surface area contributed by atoms with E-state index in [1.54, 1.807) is 24.4 Å². The third-order valence-electron chi connectivity index (χ3n) is 5.62. The Labute approximate surface area is 222 Å². The molecule has 37 heavy (non-hydrogen) atoms. The van der Waals surface area contributed by atoms with Gasteiger partial charge in [0.15, 0.2) is 0 Å². The first-order chi connectivity index (χ1) is 17.9. The molecule has 1 saturated heterocycles. The lowest BCUT2D eigenvalue weighted by Gasteiger charge is -2.28. The number of nitriles is 1. The molecule has 2 aromatic carbocycles. The normalized spacial score (nSPS) is 13.7. The molecular weight excluding hydrogens is 534 g/mol. The number of halogens is 1. The molecule has 0 atom stereocenters. The van der Waals surface area contributed by atoms with Gasteiger partial charge in [0, 0.05) is 43.0 Å².